The van der Waals surface area contributed by atoms with E-state index in [-0.39, 0.29) is 6.04 Å². The van der Waals surface area contributed by atoms with Crippen molar-refractivity contribution in [2.24, 2.45) is 5.92 Å². The molecule has 0 rings (SSSR count). The molecule has 0 aromatic heterocycles. The van der Waals surface area contributed by atoms with Gasteiger partial charge in [0.05, 0.1) is 0 Å². The Hall–Kier alpha value is -1.30. The van der Waals surface area contributed by atoms with Gasteiger partial charge in [0.25, 0.3) is 0 Å². The highest BCUT2D eigenvalue weighted by Gasteiger charge is 2.18. The Morgan fingerprint density at radius 3 is 2.11 bits per heavy atom. The van der Waals surface area contributed by atoms with Crippen LogP contribution in [0.3, 0.4) is 0 Å². The van der Waals surface area contributed by atoms with Crippen LogP contribution in [0.1, 0.15) is 27.2 Å². The topological polar surface area (TPSA) is 81.7 Å². The molecule has 18 heavy (non-hydrogen) atoms. The van der Waals surface area contributed by atoms with Crippen LogP contribution in [-0.2, 0) is 4.79 Å². The summed E-state index contributed by atoms with van der Waals surface area (Å²) in [6.07, 6.45) is 0.854. The molecule has 0 aliphatic rings. The van der Waals surface area contributed by atoms with E-state index in [0.717, 1.165) is 13.0 Å². The average molecular weight is 259 g/mol. The molecule has 0 saturated heterocycles. The van der Waals surface area contributed by atoms with Crippen LogP contribution >= 0.6 is 0 Å². The number of amides is 2. The zero-order valence-electron chi connectivity index (χ0n) is 11.9. The highest BCUT2D eigenvalue weighted by atomic mass is 16.4. The number of aliphatic carboxylic acids is 1. The van der Waals surface area contributed by atoms with Crippen molar-refractivity contribution in [3.63, 3.8) is 0 Å². The molecule has 0 saturated carbocycles. The van der Waals surface area contributed by atoms with Gasteiger partial charge in [-0.05, 0) is 33.4 Å². The van der Waals surface area contributed by atoms with Crippen LogP contribution in [0.2, 0.25) is 0 Å². The first-order valence-corrected chi connectivity index (χ1v) is 6.17. The smallest absolute Gasteiger partial charge is 0.325 e. The molecule has 2 amide bonds. The van der Waals surface area contributed by atoms with Gasteiger partial charge in [0.1, 0.15) is 6.04 Å². The summed E-state index contributed by atoms with van der Waals surface area (Å²) in [4.78, 5) is 24.2. The monoisotopic (exact) mass is 259 g/mol. The van der Waals surface area contributed by atoms with Crippen LogP contribution in [0.15, 0.2) is 0 Å². The summed E-state index contributed by atoms with van der Waals surface area (Å²) in [5, 5.41) is 13.9. The van der Waals surface area contributed by atoms with E-state index in [4.69, 9.17) is 5.11 Å². The van der Waals surface area contributed by atoms with Crippen LogP contribution in [-0.4, -0.2) is 54.7 Å². The maximum Gasteiger partial charge on any atom is 0.325 e. The molecule has 0 aliphatic heterocycles. The lowest BCUT2D eigenvalue weighted by molar-refractivity contribution is -0.138. The van der Waals surface area contributed by atoms with Crippen LogP contribution < -0.4 is 10.6 Å². The second kappa shape index (κ2) is 7.92. The molecule has 2 atom stereocenters. The quantitative estimate of drug-likeness (QED) is 0.629. The van der Waals surface area contributed by atoms with Gasteiger partial charge < -0.3 is 20.6 Å². The normalized spacial score (nSPS) is 14.4. The predicted molar refractivity (Wildman–Crippen MR) is 70.6 cm³/mol. The minimum absolute atomic E-state index is 0.0148. The van der Waals surface area contributed by atoms with Gasteiger partial charge in [0, 0.05) is 12.6 Å². The number of hydrogen-bond acceptors (Lipinski definition) is 3. The zero-order valence-corrected chi connectivity index (χ0v) is 11.9. The van der Waals surface area contributed by atoms with Crippen LogP contribution in [0.25, 0.3) is 0 Å². The lowest BCUT2D eigenvalue weighted by atomic mass is 10.0. The van der Waals surface area contributed by atoms with Gasteiger partial charge >= 0.3 is 12.0 Å². The molecule has 1 unspecified atom stereocenters. The third-order valence-corrected chi connectivity index (χ3v) is 2.39. The van der Waals surface area contributed by atoms with E-state index in [9.17, 15) is 9.59 Å². The molecule has 6 heteroatoms. The first-order chi connectivity index (χ1) is 8.22. The third-order valence-electron chi connectivity index (χ3n) is 2.39. The molecule has 0 spiro atoms. The molecule has 0 heterocycles. The SMILES string of the molecule is CC(C)CC(CN(C)C)NC(=O)N[C@@H](C)C(=O)O. The minimum Gasteiger partial charge on any atom is -0.480 e. The number of carbonyl (C=O) groups excluding carboxylic acids is 1. The van der Waals surface area contributed by atoms with E-state index >= 15 is 0 Å². The highest BCUT2D eigenvalue weighted by molar-refractivity contribution is 5.82. The lowest BCUT2D eigenvalue weighted by Crippen LogP contribution is -2.50. The van der Waals surface area contributed by atoms with Crippen molar-refractivity contribution in [3.8, 4) is 0 Å². The summed E-state index contributed by atoms with van der Waals surface area (Å²) in [7, 11) is 3.87. The van der Waals surface area contributed by atoms with Gasteiger partial charge in [-0.25, -0.2) is 4.79 Å². The summed E-state index contributed by atoms with van der Waals surface area (Å²) in [5.74, 6) is -0.578. The summed E-state index contributed by atoms with van der Waals surface area (Å²) in [6.45, 7) is 6.34. The van der Waals surface area contributed by atoms with E-state index in [0.29, 0.717) is 5.92 Å². The van der Waals surface area contributed by atoms with Crippen LogP contribution in [0.5, 0.6) is 0 Å². The first-order valence-electron chi connectivity index (χ1n) is 6.17. The second-order valence-electron chi connectivity index (χ2n) is 5.27. The zero-order chi connectivity index (χ0) is 14.3. The molecule has 0 bridgehead atoms. The second-order valence-corrected chi connectivity index (χ2v) is 5.27. The Morgan fingerprint density at radius 2 is 1.72 bits per heavy atom. The summed E-state index contributed by atoms with van der Waals surface area (Å²) in [6, 6.07) is -1.30. The molecule has 3 N–H and O–H groups in total. The molecule has 0 aromatic rings. The van der Waals surface area contributed by atoms with Gasteiger partial charge in [0.15, 0.2) is 0 Å². The summed E-state index contributed by atoms with van der Waals surface area (Å²) >= 11 is 0. The fourth-order valence-electron chi connectivity index (χ4n) is 1.67. The van der Waals surface area contributed by atoms with Crippen molar-refractivity contribution in [1.82, 2.24) is 15.5 Å². The third kappa shape index (κ3) is 7.89. The Kier molecular flexibility index (Phi) is 7.35. The summed E-state index contributed by atoms with van der Waals surface area (Å²) < 4.78 is 0. The molecule has 0 aliphatic carbocycles. The first kappa shape index (κ1) is 16.7. The van der Waals surface area contributed by atoms with E-state index in [2.05, 4.69) is 24.5 Å². The minimum atomic E-state index is -1.04. The Labute approximate surface area is 109 Å². The number of rotatable bonds is 7. The summed E-state index contributed by atoms with van der Waals surface area (Å²) in [5.41, 5.74) is 0. The van der Waals surface area contributed by atoms with E-state index in [1.54, 1.807) is 0 Å². The van der Waals surface area contributed by atoms with Crippen molar-refractivity contribution >= 4 is 12.0 Å². The molecule has 106 valence electrons. The fraction of sp³-hybridized carbons (Fsp3) is 0.833. The van der Waals surface area contributed by atoms with Gasteiger partial charge in [-0.2, -0.15) is 0 Å². The van der Waals surface area contributed by atoms with Crippen molar-refractivity contribution < 1.29 is 14.7 Å². The maximum absolute atomic E-state index is 11.6. The number of carboxylic acid groups (broad SMARTS) is 1. The molecule has 0 radical (unpaired) electrons. The van der Waals surface area contributed by atoms with Crippen molar-refractivity contribution in [2.45, 2.75) is 39.3 Å². The van der Waals surface area contributed by atoms with E-state index in [1.165, 1.54) is 6.92 Å². The van der Waals surface area contributed by atoms with Gasteiger partial charge in [-0.1, -0.05) is 13.8 Å². The number of carboxylic acids is 1. The molecule has 6 nitrogen and oxygen atoms in total. The molecule has 0 fully saturated rings. The number of likely N-dealkylation sites (N-methyl/N-ethyl adjacent to an activating group) is 1. The maximum atomic E-state index is 11.6. The molecule has 0 aromatic carbocycles. The lowest BCUT2D eigenvalue weighted by Gasteiger charge is -2.24. The highest BCUT2D eigenvalue weighted by Crippen LogP contribution is 2.05. The van der Waals surface area contributed by atoms with Gasteiger partial charge in [-0.3, -0.25) is 4.79 Å². The number of carbonyl (C=O) groups is 2. The van der Waals surface area contributed by atoms with Crippen molar-refractivity contribution in [3.05, 3.63) is 0 Å². The number of nitrogens with zero attached hydrogens (tertiary/aromatic N) is 1. The number of nitrogens with one attached hydrogen (secondary N) is 2. The predicted octanol–water partition coefficient (Wildman–Crippen LogP) is 0.735. The van der Waals surface area contributed by atoms with Crippen LogP contribution in [0, 0.1) is 5.92 Å². The fourth-order valence-corrected chi connectivity index (χ4v) is 1.67. The van der Waals surface area contributed by atoms with Gasteiger partial charge in [-0.15, -0.1) is 0 Å². The molecular weight excluding hydrogens is 234 g/mol. The van der Waals surface area contributed by atoms with Crippen LogP contribution in [0.4, 0.5) is 4.79 Å². The Balaban J connectivity index is 4.29. The number of hydrogen-bond donors (Lipinski definition) is 3. The Bertz CT molecular complexity index is 270. The molecular formula is C12H25N3O3. The van der Waals surface area contributed by atoms with Crippen molar-refractivity contribution in [2.75, 3.05) is 20.6 Å². The standard InChI is InChI=1S/C12H25N3O3/c1-8(2)6-10(7-15(4)5)14-12(18)13-9(3)11(16)17/h8-10H,6-7H2,1-5H3,(H,16,17)(H2,13,14,18)/t9-,10?/m0/s1. The van der Waals surface area contributed by atoms with Gasteiger partial charge in [0.2, 0.25) is 0 Å². The number of urea groups is 1. The van der Waals surface area contributed by atoms with E-state index in [1.807, 2.05) is 19.0 Å². The van der Waals surface area contributed by atoms with E-state index < -0.39 is 18.0 Å². The Morgan fingerprint density at radius 1 is 1.17 bits per heavy atom. The largest absolute Gasteiger partial charge is 0.480 e. The average Bonchev–Trinajstić information content (AvgIpc) is 2.14. The van der Waals surface area contributed by atoms with Crippen molar-refractivity contribution in [1.29, 1.82) is 0 Å².